The predicted octanol–water partition coefficient (Wildman–Crippen LogP) is 1.87. The molecule has 1 N–H and O–H groups in total. The van der Waals surface area contributed by atoms with Crippen LogP contribution in [0.5, 0.6) is 0 Å². The number of nitrogens with one attached hydrogen (secondary N) is 1. The zero-order valence-electron chi connectivity index (χ0n) is 10.1. The number of benzene rings is 1. The standard InChI is InChI=1S/C14H16N2O2/c17-13(10-6-7-10)15-16(14(18)11-8-9-11)12-4-2-1-3-5-12/h1-5,10-11H,6-9H2,(H,15,17). The maximum absolute atomic E-state index is 12.2. The third-order valence-corrected chi connectivity index (χ3v) is 3.33. The number of carbonyl (C=O) groups is 2. The molecule has 0 radical (unpaired) electrons. The largest absolute Gasteiger partial charge is 0.273 e. The molecular formula is C14H16N2O2. The summed E-state index contributed by atoms with van der Waals surface area (Å²) in [5, 5.41) is 1.43. The second kappa shape index (κ2) is 4.44. The van der Waals surface area contributed by atoms with Crippen LogP contribution < -0.4 is 10.4 Å². The van der Waals surface area contributed by atoms with E-state index >= 15 is 0 Å². The quantitative estimate of drug-likeness (QED) is 0.825. The lowest BCUT2D eigenvalue weighted by Gasteiger charge is -2.23. The van der Waals surface area contributed by atoms with Crippen molar-refractivity contribution < 1.29 is 9.59 Å². The lowest BCUT2D eigenvalue weighted by atomic mass is 10.3. The summed E-state index contributed by atoms with van der Waals surface area (Å²) >= 11 is 0. The fourth-order valence-electron chi connectivity index (χ4n) is 1.88. The molecule has 4 nitrogen and oxygen atoms in total. The number of hydrogen-bond donors (Lipinski definition) is 1. The molecule has 0 atom stereocenters. The predicted molar refractivity (Wildman–Crippen MR) is 67.5 cm³/mol. The molecule has 0 spiro atoms. The highest BCUT2D eigenvalue weighted by atomic mass is 16.2. The van der Waals surface area contributed by atoms with Gasteiger partial charge in [0.2, 0.25) is 11.8 Å². The van der Waals surface area contributed by atoms with Crippen molar-refractivity contribution in [1.82, 2.24) is 5.43 Å². The highest BCUT2D eigenvalue weighted by Crippen LogP contribution is 2.33. The maximum Gasteiger partial charge on any atom is 0.248 e. The van der Waals surface area contributed by atoms with Crippen LogP contribution >= 0.6 is 0 Å². The van der Waals surface area contributed by atoms with Gasteiger partial charge in [0, 0.05) is 11.8 Å². The zero-order chi connectivity index (χ0) is 12.5. The number of hydrazine groups is 1. The monoisotopic (exact) mass is 244 g/mol. The van der Waals surface area contributed by atoms with E-state index in [-0.39, 0.29) is 23.7 Å². The minimum Gasteiger partial charge on any atom is -0.273 e. The second-order valence-electron chi connectivity index (χ2n) is 5.03. The molecule has 2 amide bonds. The van der Waals surface area contributed by atoms with Gasteiger partial charge in [-0.2, -0.15) is 0 Å². The molecule has 0 saturated heterocycles. The normalized spacial score (nSPS) is 18.2. The Labute approximate surface area is 106 Å². The molecule has 2 aliphatic rings. The van der Waals surface area contributed by atoms with Crippen LogP contribution in [0.1, 0.15) is 25.7 Å². The molecule has 0 unspecified atom stereocenters. The zero-order valence-corrected chi connectivity index (χ0v) is 10.1. The molecule has 3 rings (SSSR count). The highest BCUT2D eigenvalue weighted by molar-refractivity contribution is 5.99. The van der Waals surface area contributed by atoms with E-state index in [0.29, 0.717) is 0 Å². The van der Waals surface area contributed by atoms with Crippen molar-refractivity contribution >= 4 is 17.5 Å². The Hall–Kier alpha value is -1.84. The van der Waals surface area contributed by atoms with Crippen LogP contribution in [0.2, 0.25) is 0 Å². The molecule has 0 aromatic heterocycles. The SMILES string of the molecule is O=C(NN(C(=O)C1CC1)c1ccccc1)C1CC1. The van der Waals surface area contributed by atoms with E-state index in [9.17, 15) is 9.59 Å². The Kier molecular flexibility index (Phi) is 2.78. The molecule has 1 aromatic carbocycles. The number of amides is 2. The van der Waals surface area contributed by atoms with Gasteiger partial charge >= 0.3 is 0 Å². The summed E-state index contributed by atoms with van der Waals surface area (Å²) in [7, 11) is 0. The van der Waals surface area contributed by atoms with E-state index in [0.717, 1.165) is 31.4 Å². The van der Waals surface area contributed by atoms with Crippen molar-refractivity contribution in [3.63, 3.8) is 0 Å². The molecule has 94 valence electrons. The summed E-state index contributed by atoms with van der Waals surface area (Å²) in [6, 6.07) is 9.31. The van der Waals surface area contributed by atoms with Gasteiger partial charge in [-0.25, -0.2) is 5.01 Å². The van der Waals surface area contributed by atoms with Gasteiger partial charge in [0.05, 0.1) is 5.69 Å². The van der Waals surface area contributed by atoms with E-state index in [1.54, 1.807) is 0 Å². The molecule has 4 heteroatoms. The number of carbonyl (C=O) groups excluding carboxylic acids is 2. The van der Waals surface area contributed by atoms with Crippen LogP contribution in [-0.4, -0.2) is 11.8 Å². The molecule has 2 aliphatic carbocycles. The number of rotatable bonds is 3. The Balaban J connectivity index is 1.78. The number of hydrogen-bond acceptors (Lipinski definition) is 2. The van der Waals surface area contributed by atoms with E-state index in [1.807, 2.05) is 30.3 Å². The Morgan fingerprint density at radius 2 is 1.61 bits per heavy atom. The van der Waals surface area contributed by atoms with E-state index in [4.69, 9.17) is 0 Å². The van der Waals surface area contributed by atoms with Crippen LogP contribution in [0.25, 0.3) is 0 Å². The van der Waals surface area contributed by atoms with Crippen LogP contribution in [0, 0.1) is 11.8 Å². The van der Waals surface area contributed by atoms with Crippen LogP contribution in [0.3, 0.4) is 0 Å². The summed E-state index contributed by atoms with van der Waals surface area (Å²) in [4.78, 5) is 24.0. The van der Waals surface area contributed by atoms with Crippen molar-refractivity contribution in [3.05, 3.63) is 30.3 Å². The van der Waals surface area contributed by atoms with Crippen molar-refractivity contribution in [2.45, 2.75) is 25.7 Å². The average molecular weight is 244 g/mol. The van der Waals surface area contributed by atoms with Crippen LogP contribution in [-0.2, 0) is 9.59 Å². The maximum atomic E-state index is 12.2. The van der Waals surface area contributed by atoms with Crippen LogP contribution in [0.15, 0.2) is 30.3 Å². The lowest BCUT2D eigenvalue weighted by molar-refractivity contribution is -0.127. The van der Waals surface area contributed by atoms with Crippen molar-refractivity contribution in [3.8, 4) is 0 Å². The van der Waals surface area contributed by atoms with Crippen LogP contribution in [0.4, 0.5) is 5.69 Å². The smallest absolute Gasteiger partial charge is 0.248 e. The summed E-state index contributed by atoms with van der Waals surface area (Å²) in [5.41, 5.74) is 3.50. The van der Waals surface area contributed by atoms with Gasteiger partial charge in [0.25, 0.3) is 0 Å². The fraction of sp³-hybridized carbons (Fsp3) is 0.429. The summed E-state index contributed by atoms with van der Waals surface area (Å²) in [6.07, 6.45) is 3.74. The number of para-hydroxylation sites is 1. The van der Waals surface area contributed by atoms with Gasteiger partial charge < -0.3 is 0 Å². The van der Waals surface area contributed by atoms with Gasteiger partial charge in [-0.15, -0.1) is 0 Å². The fourth-order valence-corrected chi connectivity index (χ4v) is 1.88. The summed E-state index contributed by atoms with van der Waals surface area (Å²) in [5.74, 6) is 0.163. The molecule has 1 aromatic rings. The van der Waals surface area contributed by atoms with E-state index in [2.05, 4.69) is 5.43 Å². The van der Waals surface area contributed by atoms with Gasteiger partial charge in [-0.3, -0.25) is 15.0 Å². The first-order valence-corrected chi connectivity index (χ1v) is 6.45. The Bertz CT molecular complexity index is 464. The van der Waals surface area contributed by atoms with Gasteiger partial charge in [0.15, 0.2) is 0 Å². The molecule has 0 bridgehead atoms. The van der Waals surface area contributed by atoms with Crippen molar-refractivity contribution in [2.24, 2.45) is 11.8 Å². The lowest BCUT2D eigenvalue weighted by Crippen LogP contribution is -2.47. The number of nitrogens with zero attached hydrogens (tertiary/aromatic N) is 1. The first-order chi connectivity index (χ1) is 8.75. The van der Waals surface area contributed by atoms with E-state index < -0.39 is 0 Å². The Morgan fingerprint density at radius 3 is 2.17 bits per heavy atom. The van der Waals surface area contributed by atoms with E-state index in [1.165, 1.54) is 5.01 Å². The van der Waals surface area contributed by atoms with Crippen molar-refractivity contribution in [1.29, 1.82) is 0 Å². The molecule has 0 aliphatic heterocycles. The Morgan fingerprint density at radius 1 is 1.00 bits per heavy atom. The van der Waals surface area contributed by atoms with Gasteiger partial charge in [-0.1, -0.05) is 18.2 Å². The molecular weight excluding hydrogens is 228 g/mol. The highest BCUT2D eigenvalue weighted by Gasteiger charge is 2.37. The van der Waals surface area contributed by atoms with Gasteiger partial charge in [0.1, 0.15) is 0 Å². The first kappa shape index (κ1) is 11.3. The first-order valence-electron chi connectivity index (χ1n) is 6.45. The number of anilines is 1. The molecule has 2 saturated carbocycles. The molecule has 0 heterocycles. The minimum absolute atomic E-state index is 0.00944. The minimum atomic E-state index is -0.0344. The average Bonchev–Trinajstić information content (AvgIpc) is 3.28. The topological polar surface area (TPSA) is 49.4 Å². The summed E-state index contributed by atoms with van der Waals surface area (Å²) < 4.78 is 0. The second-order valence-corrected chi connectivity index (χ2v) is 5.03. The third-order valence-electron chi connectivity index (χ3n) is 3.33. The molecule has 2 fully saturated rings. The third kappa shape index (κ3) is 2.37. The molecule has 18 heavy (non-hydrogen) atoms. The van der Waals surface area contributed by atoms with Crippen molar-refractivity contribution in [2.75, 3.05) is 5.01 Å². The van der Waals surface area contributed by atoms with Gasteiger partial charge in [-0.05, 0) is 37.8 Å². The summed E-state index contributed by atoms with van der Waals surface area (Å²) in [6.45, 7) is 0.